The molecule has 10 heavy (non-hydrogen) atoms. The molecule has 1 heterocycles. The summed E-state index contributed by atoms with van der Waals surface area (Å²) in [5.41, 5.74) is 0.696. The first-order chi connectivity index (χ1) is 4.77. The second kappa shape index (κ2) is 3.16. The van der Waals surface area contributed by atoms with Crippen molar-refractivity contribution in [1.82, 2.24) is 9.78 Å². The van der Waals surface area contributed by atoms with Crippen LogP contribution in [0.15, 0.2) is 10.7 Å². The lowest BCUT2D eigenvalue weighted by Crippen LogP contribution is -1.95. The van der Waals surface area contributed by atoms with Gasteiger partial charge in [-0.25, -0.2) is 0 Å². The van der Waals surface area contributed by atoms with Crippen LogP contribution < -0.4 is 0 Å². The third kappa shape index (κ3) is 1.38. The van der Waals surface area contributed by atoms with Crippen molar-refractivity contribution in [2.75, 3.05) is 0 Å². The maximum Gasteiger partial charge on any atom is 0.102 e. The van der Waals surface area contributed by atoms with Crippen LogP contribution >= 0.6 is 15.9 Å². The van der Waals surface area contributed by atoms with E-state index in [0.29, 0.717) is 5.69 Å². The maximum atomic E-state index is 8.72. The van der Waals surface area contributed by atoms with Crippen LogP contribution in [0.5, 0.6) is 0 Å². The second-order valence-electron chi connectivity index (χ2n) is 1.94. The van der Waals surface area contributed by atoms with Crippen LogP contribution in [-0.2, 0) is 13.2 Å². The first-order valence-electron chi connectivity index (χ1n) is 3.10. The molecule has 0 amide bonds. The predicted molar refractivity (Wildman–Crippen MR) is 41.5 cm³/mol. The van der Waals surface area contributed by atoms with Gasteiger partial charge in [0.25, 0.3) is 0 Å². The summed E-state index contributed by atoms with van der Waals surface area (Å²) >= 11 is 3.27. The van der Waals surface area contributed by atoms with Crippen LogP contribution in [0.25, 0.3) is 0 Å². The average molecular weight is 205 g/mol. The molecule has 3 nitrogen and oxygen atoms in total. The summed E-state index contributed by atoms with van der Waals surface area (Å²) in [5, 5.41) is 12.8. The fraction of sp³-hybridized carbons (Fsp3) is 0.500. The minimum absolute atomic E-state index is 0.00637. The standard InChI is InChI=1S/C6H9BrN2O/c1-2-9-3-5(7)6(4-10)8-9/h3,10H,2,4H2,1H3. The zero-order valence-corrected chi connectivity index (χ0v) is 7.30. The maximum absolute atomic E-state index is 8.72. The van der Waals surface area contributed by atoms with Gasteiger partial charge in [0.1, 0.15) is 5.69 Å². The van der Waals surface area contributed by atoms with E-state index < -0.39 is 0 Å². The van der Waals surface area contributed by atoms with Crippen LogP contribution in [0.1, 0.15) is 12.6 Å². The molecule has 0 saturated carbocycles. The molecule has 0 aromatic carbocycles. The predicted octanol–water partition coefficient (Wildman–Crippen LogP) is 1.16. The van der Waals surface area contributed by atoms with Gasteiger partial charge in [-0.2, -0.15) is 5.10 Å². The molecule has 0 saturated heterocycles. The van der Waals surface area contributed by atoms with Crippen LogP contribution in [0.3, 0.4) is 0 Å². The van der Waals surface area contributed by atoms with E-state index >= 15 is 0 Å². The fourth-order valence-electron chi connectivity index (χ4n) is 0.706. The van der Waals surface area contributed by atoms with E-state index in [4.69, 9.17) is 5.11 Å². The van der Waals surface area contributed by atoms with Crippen molar-refractivity contribution >= 4 is 15.9 Å². The Morgan fingerprint density at radius 3 is 2.80 bits per heavy atom. The van der Waals surface area contributed by atoms with Crippen LogP contribution in [0.4, 0.5) is 0 Å². The average Bonchev–Trinajstić information content (AvgIpc) is 2.30. The van der Waals surface area contributed by atoms with Gasteiger partial charge < -0.3 is 5.11 Å². The van der Waals surface area contributed by atoms with Gasteiger partial charge in [-0.05, 0) is 22.9 Å². The van der Waals surface area contributed by atoms with E-state index in [9.17, 15) is 0 Å². The molecule has 0 fully saturated rings. The molecule has 0 aliphatic rings. The molecule has 1 N–H and O–H groups in total. The van der Waals surface area contributed by atoms with Gasteiger partial charge >= 0.3 is 0 Å². The van der Waals surface area contributed by atoms with Crippen LogP contribution in [0, 0.1) is 0 Å². The largest absolute Gasteiger partial charge is 0.390 e. The zero-order valence-electron chi connectivity index (χ0n) is 5.71. The Hall–Kier alpha value is -0.350. The first kappa shape index (κ1) is 7.75. The smallest absolute Gasteiger partial charge is 0.102 e. The molecular formula is C6H9BrN2O. The van der Waals surface area contributed by atoms with E-state index in [1.54, 1.807) is 4.68 Å². The molecule has 56 valence electrons. The summed E-state index contributed by atoms with van der Waals surface area (Å²) in [6.45, 7) is 2.83. The van der Waals surface area contributed by atoms with Gasteiger partial charge in [0.2, 0.25) is 0 Å². The van der Waals surface area contributed by atoms with Crippen molar-refractivity contribution in [1.29, 1.82) is 0 Å². The summed E-state index contributed by atoms with van der Waals surface area (Å²) < 4.78 is 2.65. The summed E-state index contributed by atoms with van der Waals surface area (Å²) in [5.74, 6) is 0. The van der Waals surface area contributed by atoms with Crippen molar-refractivity contribution in [3.05, 3.63) is 16.4 Å². The molecule has 0 atom stereocenters. The molecule has 0 spiro atoms. The third-order valence-corrected chi connectivity index (χ3v) is 1.92. The van der Waals surface area contributed by atoms with Crippen molar-refractivity contribution in [3.8, 4) is 0 Å². The van der Waals surface area contributed by atoms with Crippen LogP contribution in [-0.4, -0.2) is 14.9 Å². The first-order valence-corrected chi connectivity index (χ1v) is 3.90. The Balaban J connectivity index is 2.92. The van der Waals surface area contributed by atoms with Gasteiger partial charge in [0.05, 0.1) is 11.1 Å². The van der Waals surface area contributed by atoms with Crippen molar-refractivity contribution in [2.45, 2.75) is 20.1 Å². The van der Waals surface area contributed by atoms with Crippen molar-refractivity contribution < 1.29 is 5.11 Å². The topological polar surface area (TPSA) is 38.0 Å². The lowest BCUT2D eigenvalue weighted by Gasteiger charge is -1.90. The molecule has 0 aliphatic carbocycles. The number of halogens is 1. The van der Waals surface area contributed by atoms with Crippen molar-refractivity contribution in [3.63, 3.8) is 0 Å². The highest BCUT2D eigenvalue weighted by Gasteiger charge is 2.02. The van der Waals surface area contributed by atoms with Crippen LogP contribution in [0.2, 0.25) is 0 Å². The molecule has 1 aromatic heterocycles. The number of aliphatic hydroxyl groups is 1. The zero-order chi connectivity index (χ0) is 7.56. The Kier molecular flexibility index (Phi) is 2.45. The lowest BCUT2D eigenvalue weighted by atomic mass is 10.5. The second-order valence-corrected chi connectivity index (χ2v) is 2.79. The highest BCUT2D eigenvalue weighted by molar-refractivity contribution is 9.10. The summed E-state index contributed by atoms with van der Waals surface area (Å²) in [4.78, 5) is 0. The molecule has 0 unspecified atom stereocenters. The SMILES string of the molecule is CCn1cc(Br)c(CO)n1. The minimum atomic E-state index is -0.00637. The molecule has 1 aromatic rings. The van der Waals surface area contributed by atoms with Gasteiger partial charge in [-0.15, -0.1) is 0 Å². The molecule has 1 rings (SSSR count). The number of hydrogen-bond donors (Lipinski definition) is 1. The van der Waals surface area contributed by atoms with Gasteiger partial charge in [0, 0.05) is 12.7 Å². The molecule has 0 bridgehead atoms. The number of aliphatic hydroxyl groups excluding tert-OH is 1. The highest BCUT2D eigenvalue weighted by atomic mass is 79.9. The molecule has 0 radical (unpaired) electrons. The number of aromatic nitrogens is 2. The van der Waals surface area contributed by atoms with Gasteiger partial charge in [-0.3, -0.25) is 4.68 Å². The Morgan fingerprint density at radius 1 is 1.80 bits per heavy atom. The monoisotopic (exact) mass is 204 g/mol. The number of rotatable bonds is 2. The third-order valence-electron chi connectivity index (χ3n) is 1.26. The quantitative estimate of drug-likeness (QED) is 0.786. The normalized spacial score (nSPS) is 10.3. The number of hydrogen-bond acceptors (Lipinski definition) is 2. The number of nitrogens with zero attached hydrogens (tertiary/aromatic N) is 2. The highest BCUT2D eigenvalue weighted by Crippen LogP contribution is 2.13. The van der Waals surface area contributed by atoms with Gasteiger partial charge in [0.15, 0.2) is 0 Å². The Labute approximate surface area is 67.8 Å². The fourth-order valence-corrected chi connectivity index (χ4v) is 1.15. The van der Waals surface area contributed by atoms with E-state index in [-0.39, 0.29) is 6.61 Å². The van der Waals surface area contributed by atoms with E-state index in [1.165, 1.54) is 0 Å². The van der Waals surface area contributed by atoms with Crippen molar-refractivity contribution in [2.24, 2.45) is 0 Å². The van der Waals surface area contributed by atoms with E-state index in [1.807, 2.05) is 13.1 Å². The summed E-state index contributed by atoms with van der Waals surface area (Å²) in [6.07, 6.45) is 1.85. The molecular weight excluding hydrogens is 196 g/mol. The Bertz CT molecular complexity index is 222. The number of aryl methyl sites for hydroxylation is 1. The van der Waals surface area contributed by atoms with E-state index in [0.717, 1.165) is 11.0 Å². The Morgan fingerprint density at radius 2 is 2.50 bits per heavy atom. The molecule has 0 aliphatic heterocycles. The summed E-state index contributed by atoms with van der Waals surface area (Å²) in [6, 6.07) is 0. The minimum Gasteiger partial charge on any atom is -0.390 e. The van der Waals surface area contributed by atoms with Gasteiger partial charge in [-0.1, -0.05) is 0 Å². The molecule has 4 heteroatoms. The summed E-state index contributed by atoms with van der Waals surface area (Å²) in [7, 11) is 0. The van der Waals surface area contributed by atoms with E-state index in [2.05, 4.69) is 21.0 Å². The lowest BCUT2D eigenvalue weighted by molar-refractivity contribution is 0.274.